The Bertz CT molecular complexity index is 300. The third kappa shape index (κ3) is 2.59. The van der Waals surface area contributed by atoms with Gasteiger partial charge < -0.3 is 5.32 Å². The quantitative estimate of drug-likeness (QED) is 0.820. The lowest BCUT2D eigenvalue weighted by atomic mass is 10.1. The number of rotatable bonds is 4. The molecule has 1 saturated carbocycles. The highest BCUT2D eigenvalue weighted by molar-refractivity contribution is 5.05. The van der Waals surface area contributed by atoms with Crippen LogP contribution in [0, 0.1) is 5.92 Å². The second-order valence-corrected chi connectivity index (χ2v) is 4.66. The number of hydrogen-bond donors (Lipinski definition) is 1. The second kappa shape index (κ2) is 4.79. The number of hydrogen-bond acceptors (Lipinski definition) is 2. The van der Waals surface area contributed by atoms with Crippen molar-refractivity contribution in [3.8, 4) is 0 Å². The predicted octanol–water partition coefficient (Wildman–Crippen LogP) is 2.26. The average Bonchev–Trinajstić information content (AvgIpc) is 2.84. The first-order chi connectivity index (χ1) is 7.27. The van der Waals surface area contributed by atoms with Gasteiger partial charge in [-0.1, -0.05) is 12.8 Å². The molecule has 1 aliphatic carbocycles. The molecule has 0 amide bonds. The van der Waals surface area contributed by atoms with Crippen LogP contribution >= 0.6 is 0 Å². The Hall–Kier alpha value is -0.830. The lowest BCUT2D eigenvalue weighted by Crippen LogP contribution is -2.25. The molecule has 0 aliphatic heterocycles. The van der Waals surface area contributed by atoms with Crippen LogP contribution in [0.5, 0.6) is 0 Å². The van der Waals surface area contributed by atoms with Crippen molar-refractivity contribution in [2.75, 3.05) is 6.54 Å². The Balaban J connectivity index is 1.81. The van der Waals surface area contributed by atoms with E-state index in [0.717, 1.165) is 12.5 Å². The molecule has 1 atom stereocenters. The van der Waals surface area contributed by atoms with E-state index < -0.39 is 0 Å². The van der Waals surface area contributed by atoms with Gasteiger partial charge in [0.15, 0.2) is 0 Å². The summed E-state index contributed by atoms with van der Waals surface area (Å²) in [6.07, 6.45) is 7.53. The van der Waals surface area contributed by atoms with Gasteiger partial charge in [0.2, 0.25) is 0 Å². The van der Waals surface area contributed by atoms with Crippen molar-refractivity contribution < 1.29 is 0 Å². The largest absolute Gasteiger partial charge is 0.309 e. The summed E-state index contributed by atoms with van der Waals surface area (Å²) in [6.45, 7) is 3.37. The predicted molar refractivity (Wildman–Crippen MR) is 61.6 cm³/mol. The molecule has 0 saturated heterocycles. The van der Waals surface area contributed by atoms with E-state index in [1.54, 1.807) is 0 Å². The maximum atomic E-state index is 4.19. The van der Waals surface area contributed by atoms with E-state index in [2.05, 4.69) is 23.4 Å². The Labute approximate surface area is 91.9 Å². The summed E-state index contributed by atoms with van der Waals surface area (Å²) in [4.78, 5) is 0. The third-order valence-corrected chi connectivity index (χ3v) is 3.49. The molecule has 1 N–H and O–H groups in total. The highest BCUT2D eigenvalue weighted by Crippen LogP contribution is 2.24. The molecule has 1 aliphatic rings. The van der Waals surface area contributed by atoms with Crippen molar-refractivity contribution in [3.63, 3.8) is 0 Å². The fourth-order valence-corrected chi connectivity index (χ4v) is 2.47. The highest BCUT2D eigenvalue weighted by atomic mass is 15.3. The van der Waals surface area contributed by atoms with E-state index in [0.29, 0.717) is 6.04 Å². The SMILES string of the molecule is CC(NCC1CCCC1)c1ccnn1C. The van der Waals surface area contributed by atoms with E-state index in [-0.39, 0.29) is 0 Å². The molecule has 0 aromatic carbocycles. The molecule has 1 aromatic rings. The van der Waals surface area contributed by atoms with Gasteiger partial charge in [0.1, 0.15) is 0 Å². The molecule has 3 heteroatoms. The summed E-state index contributed by atoms with van der Waals surface area (Å²) >= 11 is 0. The Kier molecular flexibility index (Phi) is 3.41. The van der Waals surface area contributed by atoms with Gasteiger partial charge in [0.05, 0.1) is 5.69 Å². The third-order valence-electron chi connectivity index (χ3n) is 3.49. The number of nitrogens with zero attached hydrogens (tertiary/aromatic N) is 2. The molecule has 0 bridgehead atoms. The van der Waals surface area contributed by atoms with E-state index in [1.807, 2.05) is 17.9 Å². The van der Waals surface area contributed by atoms with Crippen LogP contribution in [-0.4, -0.2) is 16.3 Å². The molecule has 1 aromatic heterocycles. The summed E-state index contributed by atoms with van der Waals surface area (Å²) in [5.41, 5.74) is 1.27. The molecule has 3 nitrogen and oxygen atoms in total. The zero-order chi connectivity index (χ0) is 10.7. The topological polar surface area (TPSA) is 29.9 Å². The zero-order valence-corrected chi connectivity index (χ0v) is 9.74. The minimum Gasteiger partial charge on any atom is -0.309 e. The first kappa shape index (κ1) is 10.7. The molecule has 1 unspecified atom stereocenters. The summed E-state index contributed by atoms with van der Waals surface area (Å²) in [5, 5.41) is 7.80. The smallest absolute Gasteiger partial charge is 0.0547 e. The first-order valence-electron chi connectivity index (χ1n) is 5.98. The minimum absolute atomic E-state index is 0.415. The van der Waals surface area contributed by atoms with E-state index in [1.165, 1.54) is 31.4 Å². The maximum Gasteiger partial charge on any atom is 0.0547 e. The van der Waals surface area contributed by atoms with Crippen LogP contribution in [0.1, 0.15) is 44.3 Å². The fraction of sp³-hybridized carbons (Fsp3) is 0.750. The van der Waals surface area contributed by atoms with Crippen molar-refractivity contribution >= 4 is 0 Å². The summed E-state index contributed by atoms with van der Waals surface area (Å²) in [7, 11) is 2.00. The van der Waals surface area contributed by atoms with E-state index in [9.17, 15) is 0 Å². The molecule has 15 heavy (non-hydrogen) atoms. The monoisotopic (exact) mass is 207 g/mol. The van der Waals surface area contributed by atoms with Crippen molar-refractivity contribution in [2.24, 2.45) is 13.0 Å². The number of aryl methyl sites for hydroxylation is 1. The van der Waals surface area contributed by atoms with Gasteiger partial charge in [-0.2, -0.15) is 5.10 Å². The van der Waals surface area contributed by atoms with Crippen LogP contribution < -0.4 is 5.32 Å². The molecule has 1 fully saturated rings. The highest BCUT2D eigenvalue weighted by Gasteiger charge is 2.16. The number of aromatic nitrogens is 2. The Morgan fingerprint density at radius 3 is 2.87 bits per heavy atom. The van der Waals surface area contributed by atoms with Gasteiger partial charge in [-0.3, -0.25) is 4.68 Å². The van der Waals surface area contributed by atoms with Crippen molar-refractivity contribution in [1.29, 1.82) is 0 Å². The standard InChI is InChI=1S/C12H21N3/c1-10(12-7-8-14-15(12)2)13-9-11-5-3-4-6-11/h7-8,10-11,13H,3-6,9H2,1-2H3. The van der Waals surface area contributed by atoms with Crippen molar-refractivity contribution in [1.82, 2.24) is 15.1 Å². The average molecular weight is 207 g/mol. The van der Waals surface area contributed by atoms with Crippen molar-refractivity contribution in [3.05, 3.63) is 18.0 Å². The summed E-state index contributed by atoms with van der Waals surface area (Å²) in [5.74, 6) is 0.903. The lowest BCUT2D eigenvalue weighted by molar-refractivity contribution is 0.440. The fourth-order valence-electron chi connectivity index (χ4n) is 2.47. The molecule has 0 spiro atoms. The molecule has 2 rings (SSSR count). The Morgan fingerprint density at radius 2 is 2.27 bits per heavy atom. The van der Waals surface area contributed by atoms with E-state index >= 15 is 0 Å². The number of nitrogens with one attached hydrogen (secondary N) is 1. The van der Waals surface area contributed by atoms with Gasteiger partial charge >= 0.3 is 0 Å². The van der Waals surface area contributed by atoms with Gasteiger partial charge in [-0.25, -0.2) is 0 Å². The zero-order valence-electron chi connectivity index (χ0n) is 9.74. The molecular weight excluding hydrogens is 186 g/mol. The summed E-state index contributed by atoms with van der Waals surface area (Å²) in [6, 6.07) is 2.50. The van der Waals surface area contributed by atoms with Crippen LogP contribution in [0.4, 0.5) is 0 Å². The van der Waals surface area contributed by atoms with Crippen LogP contribution in [0.3, 0.4) is 0 Å². The van der Waals surface area contributed by atoms with Crippen LogP contribution in [0.15, 0.2) is 12.3 Å². The van der Waals surface area contributed by atoms with Crippen LogP contribution in [0.25, 0.3) is 0 Å². The maximum absolute atomic E-state index is 4.19. The molecule has 0 radical (unpaired) electrons. The van der Waals surface area contributed by atoms with Gasteiger partial charge in [-0.15, -0.1) is 0 Å². The normalized spacial score (nSPS) is 19.6. The molecule has 84 valence electrons. The molecular formula is C12H21N3. The summed E-state index contributed by atoms with van der Waals surface area (Å²) < 4.78 is 1.95. The Morgan fingerprint density at radius 1 is 1.53 bits per heavy atom. The van der Waals surface area contributed by atoms with E-state index in [4.69, 9.17) is 0 Å². The van der Waals surface area contributed by atoms with Gasteiger partial charge in [0.25, 0.3) is 0 Å². The second-order valence-electron chi connectivity index (χ2n) is 4.66. The van der Waals surface area contributed by atoms with Crippen LogP contribution in [-0.2, 0) is 7.05 Å². The van der Waals surface area contributed by atoms with Gasteiger partial charge in [0, 0.05) is 19.3 Å². The lowest BCUT2D eigenvalue weighted by Gasteiger charge is -2.17. The minimum atomic E-state index is 0.415. The first-order valence-corrected chi connectivity index (χ1v) is 5.98. The van der Waals surface area contributed by atoms with Crippen molar-refractivity contribution in [2.45, 2.75) is 38.6 Å². The van der Waals surface area contributed by atoms with Crippen LogP contribution in [0.2, 0.25) is 0 Å². The van der Waals surface area contributed by atoms with Gasteiger partial charge in [-0.05, 0) is 38.3 Å². The molecule has 1 heterocycles.